The number of phenolic OH excluding ortho intramolecular Hbond substituents is 1. The van der Waals surface area contributed by atoms with Crippen LogP contribution in [0.5, 0.6) is 5.75 Å². The van der Waals surface area contributed by atoms with Gasteiger partial charge in [-0.3, -0.25) is 4.79 Å². The first-order chi connectivity index (χ1) is 9.56. The van der Waals surface area contributed by atoms with Crippen molar-refractivity contribution < 1.29 is 18.7 Å². The molecule has 0 aromatic heterocycles. The maximum atomic E-state index is 13.7. The SMILES string of the molecule is CNCc1cc(O)c(-c2ccc(F)cc2F)cc1C=O. The predicted octanol–water partition coefficient (Wildman–Crippen LogP) is 2.87. The zero-order chi connectivity index (χ0) is 14.7. The number of carbonyl (C=O) groups excluding carboxylic acids is 1. The summed E-state index contributed by atoms with van der Waals surface area (Å²) in [5, 5.41) is 12.9. The molecule has 3 nitrogen and oxygen atoms in total. The van der Waals surface area contributed by atoms with Crippen LogP contribution in [-0.2, 0) is 6.54 Å². The molecule has 2 rings (SSSR count). The van der Waals surface area contributed by atoms with Gasteiger partial charge in [0.1, 0.15) is 23.7 Å². The molecule has 5 heteroatoms. The van der Waals surface area contributed by atoms with E-state index in [-0.39, 0.29) is 16.9 Å². The van der Waals surface area contributed by atoms with Crippen LogP contribution in [0.4, 0.5) is 8.78 Å². The molecule has 104 valence electrons. The zero-order valence-corrected chi connectivity index (χ0v) is 10.8. The number of hydrogen-bond donors (Lipinski definition) is 2. The highest BCUT2D eigenvalue weighted by atomic mass is 19.1. The van der Waals surface area contributed by atoms with Gasteiger partial charge in [-0.15, -0.1) is 0 Å². The van der Waals surface area contributed by atoms with E-state index in [1.807, 2.05) is 0 Å². The Kier molecular flexibility index (Phi) is 4.10. The molecule has 20 heavy (non-hydrogen) atoms. The topological polar surface area (TPSA) is 49.3 Å². The van der Waals surface area contributed by atoms with Gasteiger partial charge in [0.05, 0.1) is 0 Å². The normalized spacial score (nSPS) is 10.6. The number of nitrogens with one attached hydrogen (secondary N) is 1. The number of hydrogen-bond acceptors (Lipinski definition) is 3. The van der Waals surface area contributed by atoms with E-state index in [1.54, 1.807) is 7.05 Å². The molecule has 0 bridgehead atoms. The van der Waals surface area contributed by atoms with Crippen LogP contribution in [0.3, 0.4) is 0 Å². The van der Waals surface area contributed by atoms with Gasteiger partial charge in [-0.2, -0.15) is 0 Å². The van der Waals surface area contributed by atoms with Gasteiger partial charge >= 0.3 is 0 Å². The van der Waals surface area contributed by atoms with Crippen LogP contribution in [-0.4, -0.2) is 18.4 Å². The first-order valence-electron chi connectivity index (χ1n) is 5.98. The summed E-state index contributed by atoms with van der Waals surface area (Å²) in [6.07, 6.45) is 0.636. The minimum absolute atomic E-state index is 0.0445. The van der Waals surface area contributed by atoms with E-state index >= 15 is 0 Å². The van der Waals surface area contributed by atoms with Crippen LogP contribution in [0.2, 0.25) is 0 Å². The Hall–Kier alpha value is -2.27. The van der Waals surface area contributed by atoms with E-state index in [4.69, 9.17) is 0 Å². The Morgan fingerprint density at radius 3 is 2.55 bits per heavy atom. The number of aromatic hydroxyl groups is 1. The van der Waals surface area contributed by atoms with Crippen LogP contribution < -0.4 is 5.32 Å². The molecule has 0 amide bonds. The van der Waals surface area contributed by atoms with Crippen molar-refractivity contribution in [2.75, 3.05) is 7.05 Å². The van der Waals surface area contributed by atoms with Crippen LogP contribution in [0.25, 0.3) is 11.1 Å². The maximum Gasteiger partial charge on any atom is 0.150 e. The van der Waals surface area contributed by atoms with Crippen molar-refractivity contribution in [3.05, 3.63) is 53.1 Å². The summed E-state index contributed by atoms with van der Waals surface area (Å²) in [5.74, 6) is -1.65. The number of halogens is 2. The minimum atomic E-state index is -0.793. The summed E-state index contributed by atoms with van der Waals surface area (Å²) in [6.45, 7) is 0.397. The lowest BCUT2D eigenvalue weighted by Crippen LogP contribution is -2.07. The Labute approximate surface area is 114 Å². The van der Waals surface area contributed by atoms with E-state index in [0.29, 0.717) is 24.0 Å². The third kappa shape index (κ3) is 2.67. The fourth-order valence-electron chi connectivity index (χ4n) is 2.03. The molecule has 0 spiro atoms. The Morgan fingerprint density at radius 1 is 1.20 bits per heavy atom. The Morgan fingerprint density at radius 2 is 1.95 bits per heavy atom. The third-order valence-electron chi connectivity index (χ3n) is 2.97. The highest BCUT2D eigenvalue weighted by molar-refractivity contribution is 5.83. The largest absolute Gasteiger partial charge is 0.507 e. The lowest BCUT2D eigenvalue weighted by Gasteiger charge is -2.11. The number of aldehydes is 1. The molecular formula is C15H13F2NO2. The van der Waals surface area contributed by atoms with Crippen molar-refractivity contribution in [3.8, 4) is 16.9 Å². The summed E-state index contributed by atoms with van der Waals surface area (Å²) in [6, 6.07) is 5.85. The van der Waals surface area contributed by atoms with E-state index in [2.05, 4.69) is 5.32 Å². The van der Waals surface area contributed by atoms with E-state index < -0.39 is 11.6 Å². The molecule has 0 heterocycles. The molecule has 0 fully saturated rings. The molecular weight excluding hydrogens is 264 g/mol. The molecule has 0 aliphatic heterocycles. The molecule has 0 aliphatic carbocycles. The number of phenols is 1. The van der Waals surface area contributed by atoms with Gasteiger partial charge in [-0.25, -0.2) is 8.78 Å². The summed E-state index contributed by atoms with van der Waals surface area (Å²) in [5.41, 5.74) is 1.15. The van der Waals surface area contributed by atoms with E-state index in [1.165, 1.54) is 18.2 Å². The third-order valence-corrected chi connectivity index (χ3v) is 2.97. The molecule has 2 N–H and O–H groups in total. The highest BCUT2D eigenvalue weighted by Gasteiger charge is 2.14. The van der Waals surface area contributed by atoms with Crippen molar-refractivity contribution in [1.82, 2.24) is 5.32 Å². The van der Waals surface area contributed by atoms with Crippen LogP contribution in [0.1, 0.15) is 15.9 Å². The molecule has 0 saturated heterocycles. The standard InChI is InChI=1S/C15H13F2NO2/c1-18-7-9-5-15(20)13(4-10(9)8-19)12-3-2-11(16)6-14(12)17/h2-6,8,18,20H,7H2,1H3. The monoisotopic (exact) mass is 277 g/mol. The van der Waals surface area contributed by atoms with Gasteiger partial charge in [0.15, 0.2) is 0 Å². The molecule has 2 aromatic carbocycles. The van der Waals surface area contributed by atoms with Gasteiger partial charge in [-0.05, 0) is 36.9 Å². The maximum absolute atomic E-state index is 13.7. The number of carbonyl (C=O) groups is 1. The average Bonchev–Trinajstić information content (AvgIpc) is 2.40. The summed E-state index contributed by atoms with van der Waals surface area (Å²) < 4.78 is 26.7. The van der Waals surface area contributed by atoms with Crippen LogP contribution in [0.15, 0.2) is 30.3 Å². The Balaban J connectivity index is 2.59. The van der Waals surface area contributed by atoms with Gasteiger partial charge in [-0.1, -0.05) is 0 Å². The second kappa shape index (κ2) is 5.79. The average molecular weight is 277 g/mol. The molecule has 0 radical (unpaired) electrons. The van der Waals surface area contributed by atoms with Gasteiger partial charge in [0.25, 0.3) is 0 Å². The van der Waals surface area contributed by atoms with E-state index in [9.17, 15) is 18.7 Å². The Bertz CT molecular complexity index is 657. The smallest absolute Gasteiger partial charge is 0.150 e. The van der Waals surface area contributed by atoms with Crippen molar-refractivity contribution in [3.63, 3.8) is 0 Å². The summed E-state index contributed by atoms with van der Waals surface area (Å²) >= 11 is 0. The first-order valence-corrected chi connectivity index (χ1v) is 5.98. The van der Waals surface area contributed by atoms with E-state index in [0.717, 1.165) is 12.1 Å². The fraction of sp³-hybridized carbons (Fsp3) is 0.133. The molecule has 0 atom stereocenters. The quantitative estimate of drug-likeness (QED) is 0.845. The highest BCUT2D eigenvalue weighted by Crippen LogP contribution is 2.33. The predicted molar refractivity (Wildman–Crippen MR) is 71.6 cm³/mol. The van der Waals surface area contributed by atoms with Crippen molar-refractivity contribution in [1.29, 1.82) is 0 Å². The zero-order valence-electron chi connectivity index (χ0n) is 10.8. The molecule has 0 saturated carbocycles. The molecule has 2 aromatic rings. The second-order valence-corrected chi connectivity index (χ2v) is 4.34. The number of benzene rings is 2. The molecule has 0 aliphatic rings. The molecule has 0 unspecified atom stereocenters. The lowest BCUT2D eigenvalue weighted by atomic mass is 9.98. The lowest BCUT2D eigenvalue weighted by molar-refractivity contribution is 0.112. The van der Waals surface area contributed by atoms with Crippen LogP contribution >= 0.6 is 0 Å². The van der Waals surface area contributed by atoms with Gasteiger partial charge < -0.3 is 10.4 Å². The van der Waals surface area contributed by atoms with Crippen molar-refractivity contribution >= 4 is 6.29 Å². The number of rotatable bonds is 4. The summed E-state index contributed by atoms with van der Waals surface area (Å²) in [7, 11) is 1.71. The summed E-state index contributed by atoms with van der Waals surface area (Å²) in [4.78, 5) is 11.1. The van der Waals surface area contributed by atoms with Gasteiger partial charge in [0, 0.05) is 29.3 Å². The van der Waals surface area contributed by atoms with Crippen molar-refractivity contribution in [2.45, 2.75) is 6.54 Å². The van der Waals surface area contributed by atoms with Crippen molar-refractivity contribution in [2.24, 2.45) is 0 Å². The first kappa shape index (κ1) is 14.1. The second-order valence-electron chi connectivity index (χ2n) is 4.34. The van der Waals surface area contributed by atoms with Crippen LogP contribution in [0, 0.1) is 11.6 Å². The minimum Gasteiger partial charge on any atom is -0.507 e. The van der Waals surface area contributed by atoms with Gasteiger partial charge in [0.2, 0.25) is 0 Å². The fourth-order valence-corrected chi connectivity index (χ4v) is 2.03.